The molecule has 2 amide bonds. The summed E-state index contributed by atoms with van der Waals surface area (Å²) in [5.74, 6) is -0.257. The first-order valence-corrected chi connectivity index (χ1v) is 6.32. The number of nitrogens with one attached hydrogen (secondary N) is 2. The van der Waals surface area contributed by atoms with Crippen LogP contribution in [0.5, 0.6) is 0 Å². The maximum atomic E-state index is 11.8. The topological polar surface area (TPSA) is 96.2 Å². The Morgan fingerprint density at radius 3 is 2.71 bits per heavy atom. The fourth-order valence-electron chi connectivity index (χ4n) is 1.83. The van der Waals surface area contributed by atoms with Crippen molar-refractivity contribution in [3.05, 3.63) is 47.5 Å². The minimum Gasteiger partial charge on any atom is -0.478 e. The van der Waals surface area contributed by atoms with E-state index in [2.05, 4.69) is 15.6 Å². The van der Waals surface area contributed by atoms with Crippen molar-refractivity contribution in [2.75, 3.05) is 5.32 Å². The number of aromatic nitrogens is 2. The number of anilines is 1. The number of rotatable bonds is 4. The number of hydrogen-bond acceptors (Lipinski definition) is 3. The summed E-state index contributed by atoms with van der Waals surface area (Å²) >= 11 is 0. The summed E-state index contributed by atoms with van der Waals surface area (Å²) < 4.78 is 1.81. The highest BCUT2D eigenvalue weighted by atomic mass is 16.4. The molecule has 0 saturated heterocycles. The Balaban J connectivity index is 1.96. The lowest BCUT2D eigenvalue weighted by atomic mass is 10.1. The normalized spacial score (nSPS) is 10.2. The number of carboxylic acids is 1. The van der Waals surface area contributed by atoms with Gasteiger partial charge < -0.3 is 20.3 Å². The van der Waals surface area contributed by atoms with E-state index in [1.54, 1.807) is 25.4 Å². The maximum absolute atomic E-state index is 11.8. The van der Waals surface area contributed by atoms with Crippen LogP contribution in [0.1, 0.15) is 21.7 Å². The number of carbonyl (C=O) groups is 2. The first-order chi connectivity index (χ1) is 9.97. The molecule has 1 heterocycles. The molecule has 7 nitrogen and oxygen atoms in total. The minimum absolute atomic E-state index is 0.187. The first-order valence-electron chi connectivity index (χ1n) is 6.32. The number of hydrogen-bond donors (Lipinski definition) is 3. The van der Waals surface area contributed by atoms with Gasteiger partial charge in [-0.05, 0) is 30.7 Å². The Morgan fingerprint density at radius 2 is 2.14 bits per heavy atom. The van der Waals surface area contributed by atoms with Crippen molar-refractivity contribution in [2.45, 2.75) is 13.5 Å². The van der Waals surface area contributed by atoms with E-state index < -0.39 is 5.97 Å². The summed E-state index contributed by atoms with van der Waals surface area (Å²) in [6.45, 7) is 2.04. The number of benzene rings is 1. The van der Waals surface area contributed by atoms with Gasteiger partial charge in [-0.2, -0.15) is 0 Å². The quantitative estimate of drug-likeness (QED) is 0.798. The van der Waals surface area contributed by atoms with Crippen molar-refractivity contribution in [3.8, 4) is 0 Å². The number of amides is 2. The van der Waals surface area contributed by atoms with Crippen LogP contribution in [0.3, 0.4) is 0 Å². The van der Waals surface area contributed by atoms with Crippen LogP contribution in [0.25, 0.3) is 0 Å². The summed E-state index contributed by atoms with van der Waals surface area (Å²) in [5, 5.41) is 14.3. The average molecular weight is 288 g/mol. The highest BCUT2D eigenvalue weighted by Crippen LogP contribution is 2.16. The molecule has 110 valence electrons. The van der Waals surface area contributed by atoms with E-state index in [0.717, 1.165) is 5.82 Å². The number of aromatic carboxylic acids is 1. The number of carboxylic acid groups (broad SMARTS) is 1. The highest BCUT2D eigenvalue weighted by molar-refractivity contribution is 5.92. The lowest BCUT2D eigenvalue weighted by molar-refractivity contribution is 0.0697. The molecule has 3 N–H and O–H groups in total. The molecular formula is C14H16N4O3. The van der Waals surface area contributed by atoms with Crippen LogP contribution in [-0.4, -0.2) is 26.7 Å². The zero-order chi connectivity index (χ0) is 15.4. The molecule has 0 atom stereocenters. The molecule has 2 rings (SSSR count). The van der Waals surface area contributed by atoms with Gasteiger partial charge in [0.05, 0.1) is 12.1 Å². The van der Waals surface area contributed by atoms with E-state index in [1.165, 1.54) is 12.1 Å². The Kier molecular flexibility index (Phi) is 4.22. The van der Waals surface area contributed by atoms with E-state index in [4.69, 9.17) is 5.11 Å². The smallest absolute Gasteiger partial charge is 0.335 e. The minimum atomic E-state index is -0.996. The Labute approximate surface area is 121 Å². The van der Waals surface area contributed by atoms with Gasteiger partial charge in [-0.15, -0.1) is 0 Å². The lowest BCUT2D eigenvalue weighted by Crippen LogP contribution is -2.29. The molecule has 0 spiro atoms. The van der Waals surface area contributed by atoms with Crippen LogP contribution in [0.2, 0.25) is 0 Å². The maximum Gasteiger partial charge on any atom is 0.335 e. The van der Waals surface area contributed by atoms with Gasteiger partial charge in [-0.25, -0.2) is 14.6 Å². The lowest BCUT2D eigenvalue weighted by Gasteiger charge is -2.10. The third kappa shape index (κ3) is 3.59. The van der Waals surface area contributed by atoms with Crippen molar-refractivity contribution >= 4 is 17.7 Å². The van der Waals surface area contributed by atoms with Crippen molar-refractivity contribution in [2.24, 2.45) is 7.05 Å². The van der Waals surface area contributed by atoms with Crippen molar-refractivity contribution < 1.29 is 14.7 Å². The van der Waals surface area contributed by atoms with E-state index in [9.17, 15) is 9.59 Å². The molecule has 0 aliphatic rings. The summed E-state index contributed by atoms with van der Waals surface area (Å²) in [5.41, 5.74) is 1.44. The molecule has 1 aromatic carbocycles. The molecule has 0 bridgehead atoms. The predicted molar refractivity (Wildman–Crippen MR) is 77.2 cm³/mol. The number of urea groups is 1. The van der Waals surface area contributed by atoms with Gasteiger partial charge in [0.25, 0.3) is 0 Å². The van der Waals surface area contributed by atoms with E-state index in [1.807, 2.05) is 11.6 Å². The fourth-order valence-corrected chi connectivity index (χ4v) is 1.83. The molecule has 0 radical (unpaired) electrons. The van der Waals surface area contributed by atoms with Gasteiger partial charge in [0.1, 0.15) is 5.82 Å². The van der Waals surface area contributed by atoms with Crippen LogP contribution in [-0.2, 0) is 13.6 Å². The molecule has 2 aromatic rings. The molecule has 0 aliphatic carbocycles. The van der Waals surface area contributed by atoms with Crippen molar-refractivity contribution in [3.63, 3.8) is 0 Å². The van der Waals surface area contributed by atoms with Gasteiger partial charge in [0.15, 0.2) is 0 Å². The zero-order valence-corrected chi connectivity index (χ0v) is 11.8. The van der Waals surface area contributed by atoms with Crippen LogP contribution >= 0.6 is 0 Å². The summed E-state index contributed by atoms with van der Waals surface area (Å²) in [7, 11) is 1.84. The van der Waals surface area contributed by atoms with Crippen LogP contribution in [0, 0.1) is 6.92 Å². The Bertz CT molecular complexity index is 679. The van der Waals surface area contributed by atoms with Gasteiger partial charge in [-0.3, -0.25) is 0 Å². The molecule has 0 aliphatic heterocycles. The molecule has 0 saturated carbocycles. The standard InChI is InChI=1S/C14H16N4O3/c1-9-7-10(13(19)20)3-4-11(9)17-14(21)16-8-12-15-5-6-18(12)2/h3-7H,8H2,1-2H3,(H,19,20)(H2,16,17,21). The molecule has 0 unspecified atom stereocenters. The van der Waals surface area contributed by atoms with E-state index >= 15 is 0 Å². The highest BCUT2D eigenvalue weighted by Gasteiger charge is 2.09. The Hall–Kier alpha value is -2.83. The summed E-state index contributed by atoms with van der Waals surface area (Å²) in [4.78, 5) is 26.8. The largest absolute Gasteiger partial charge is 0.478 e. The van der Waals surface area contributed by atoms with Crippen LogP contribution in [0.4, 0.5) is 10.5 Å². The zero-order valence-electron chi connectivity index (χ0n) is 11.8. The molecule has 7 heteroatoms. The van der Waals surface area contributed by atoms with Gasteiger partial charge in [0.2, 0.25) is 0 Å². The van der Waals surface area contributed by atoms with Crippen molar-refractivity contribution in [1.29, 1.82) is 0 Å². The first kappa shape index (κ1) is 14.6. The second-order valence-corrected chi connectivity index (χ2v) is 4.60. The third-order valence-corrected chi connectivity index (χ3v) is 3.05. The van der Waals surface area contributed by atoms with E-state index in [0.29, 0.717) is 17.8 Å². The SMILES string of the molecule is Cc1cc(C(=O)O)ccc1NC(=O)NCc1nccn1C. The monoisotopic (exact) mass is 288 g/mol. The number of carbonyl (C=O) groups excluding carboxylic acids is 1. The fraction of sp³-hybridized carbons (Fsp3) is 0.214. The average Bonchev–Trinajstić information content (AvgIpc) is 2.84. The van der Waals surface area contributed by atoms with E-state index in [-0.39, 0.29) is 11.6 Å². The third-order valence-electron chi connectivity index (χ3n) is 3.05. The molecule has 0 fully saturated rings. The summed E-state index contributed by atoms with van der Waals surface area (Å²) in [6.07, 6.45) is 3.45. The molecular weight excluding hydrogens is 272 g/mol. The number of nitrogens with zero attached hydrogens (tertiary/aromatic N) is 2. The molecule has 21 heavy (non-hydrogen) atoms. The number of aryl methyl sites for hydroxylation is 2. The second kappa shape index (κ2) is 6.08. The van der Waals surface area contributed by atoms with Crippen LogP contribution in [0.15, 0.2) is 30.6 Å². The number of imidazole rings is 1. The van der Waals surface area contributed by atoms with Crippen molar-refractivity contribution in [1.82, 2.24) is 14.9 Å². The van der Waals surface area contributed by atoms with Crippen LogP contribution < -0.4 is 10.6 Å². The predicted octanol–water partition coefficient (Wildman–Crippen LogP) is 1.75. The van der Waals surface area contributed by atoms with Gasteiger partial charge >= 0.3 is 12.0 Å². The second-order valence-electron chi connectivity index (χ2n) is 4.60. The van der Waals surface area contributed by atoms with Gasteiger partial charge in [0, 0.05) is 25.1 Å². The molecule has 1 aromatic heterocycles. The Morgan fingerprint density at radius 1 is 1.38 bits per heavy atom. The summed E-state index contributed by atoms with van der Waals surface area (Å²) in [6, 6.07) is 4.16. The van der Waals surface area contributed by atoms with Gasteiger partial charge in [-0.1, -0.05) is 0 Å².